The van der Waals surface area contributed by atoms with E-state index >= 15 is 0 Å². The molecule has 2 rings (SSSR count). The SMILES string of the molecule is COC(=O)/C=C\C1=C2COC(=O)C2(C)CCC1=O. The van der Waals surface area contributed by atoms with E-state index in [2.05, 4.69) is 4.74 Å². The zero-order valence-corrected chi connectivity index (χ0v) is 10.3. The van der Waals surface area contributed by atoms with Crippen LogP contribution in [-0.2, 0) is 23.9 Å². The Hall–Kier alpha value is -1.91. The maximum atomic E-state index is 11.9. The van der Waals surface area contributed by atoms with Crippen LogP contribution >= 0.6 is 0 Å². The number of ketones is 1. The summed E-state index contributed by atoms with van der Waals surface area (Å²) >= 11 is 0. The Bertz CT molecular complexity index is 486. The van der Waals surface area contributed by atoms with E-state index in [4.69, 9.17) is 4.74 Å². The lowest BCUT2D eigenvalue weighted by Gasteiger charge is -2.26. The lowest BCUT2D eigenvalue weighted by Crippen LogP contribution is -2.30. The van der Waals surface area contributed by atoms with Crippen molar-refractivity contribution in [1.29, 1.82) is 0 Å². The number of carbonyl (C=O) groups excluding carboxylic acids is 3. The topological polar surface area (TPSA) is 69.7 Å². The third kappa shape index (κ3) is 1.85. The summed E-state index contributed by atoms with van der Waals surface area (Å²) in [6.07, 6.45) is 3.36. The van der Waals surface area contributed by atoms with Crippen molar-refractivity contribution >= 4 is 17.7 Å². The van der Waals surface area contributed by atoms with Crippen LogP contribution in [0.1, 0.15) is 19.8 Å². The summed E-state index contributed by atoms with van der Waals surface area (Å²) in [5.74, 6) is -0.900. The van der Waals surface area contributed by atoms with Gasteiger partial charge in [0, 0.05) is 18.1 Å². The van der Waals surface area contributed by atoms with E-state index in [1.807, 2.05) is 0 Å². The van der Waals surface area contributed by atoms with Gasteiger partial charge in [-0.1, -0.05) is 0 Å². The molecule has 0 N–H and O–H groups in total. The molecule has 1 aliphatic carbocycles. The summed E-state index contributed by atoms with van der Waals surface area (Å²) in [6.45, 7) is 1.90. The molecule has 0 aromatic heterocycles. The molecule has 0 amide bonds. The molecule has 0 aromatic rings. The number of hydrogen-bond donors (Lipinski definition) is 0. The molecule has 0 aromatic carbocycles. The minimum Gasteiger partial charge on any atom is -0.466 e. The third-order valence-corrected chi connectivity index (χ3v) is 3.53. The van der Waals surface area contributed by atoms with Gasteiger partial charge in [0.1, 0.15) is 6.61 Å². The van der Waals surface area contributed by atoms with E-state index in [1.54, 1.807) is 6.92 Å². The first-order valence-corrected chi connectivity index (χ1v) is 5.69. The lowest BCUT2D eigenvalue weighted by atomic mass is 9.72. The molecule has 18 heavy (non-hydrogen) atoms. The van der Waals surface area contributed by atoms with E-state index in [0.717, 1.165) is 0 Å². The number of methoxy groups -OCH3 is 1. The van der Waals surface area contributed by atoms with Gasteiger partial charge in [0.25, 0.3) is 0 Å². The van der Waals surface area contributed by atoms with Gasteiger partial charge in [0.15, 0.2) is 5.78 Å². The fourth-order valence-electron chi connectivity index (χ4n) is 2.29. The number of Topliss-reactive ketones (excluding diaryl/α,β-unsaturated/α-hetero) is 1. The highest BCUT2D eigenvalue weighted by Gasteiger charge is 2.48. The van der Waals surface area contributed by atoms with Crippen molar-refractivity contribution in [3.05, 3.63) is 23.3 Å². The fraction of sp³-hybridized carbons (Fsp3) is 0.462. The molecule has 0 radical (unpaired) electrons. The van der Waals surface area contributed by atoms with Crippen molar-refractivity contribution in [3.63, 3.8) is 0 Å². The molecule has 5 nitrogen and oxygen atoms in total. The number of hydrogen-bond acceptors (Lipinski definition) is 5. The molecule has 1 atom stereocenters. The molecule has 1 heterocycles. The first kappa shape index (κ1) is 12.5. The molecule has 0 spiro atoms. The first-order valence-electron chi connectivity index (χ1n) is 5.69. The van der Waals surface area contributed by atoms with Crippen LogP contribution in [0.3, 0.4) is 0 Å². The monoisotopic (exact) mass is 250 g/mol. The second-order valence-electron chi connectivity index (χ2n) is 4.58. The van der Waals surface area contributed by atoms with E-state index in [-0.39, 0.29) is 24.8 Å². The van der Waals surface area contributed by atoms with Gasteiger partial charge in [0.2, 0.25) is 0 Å². The Kier molecular flexibility index (Phi) is 3.07. The zero-order chi connectivity index (χ0) is 13.3. The number of esters is 2. The van der Waals surface area contributed by atoms with E-state index < -0.39 is 11.4 Å². The molecule has 1 unspecified atom stereocenters. The highest BCUT2D eigenvalue weighted by atomic mass is 16.5. The maximum Gasteiger partial charge on any atom is 0.330 e. The minimum absolute atomic E-state index is 0.0686. The average molecular weight is 250 g/mol. The van der Waals surface area contributed by atoms with Gasteiger partial charge in [-0.25, -0.2) is 4.79 Å². The van der Waals surface area contributed by atoms with Gasteiger partial charge in [-0.15, -0.1) is 0 Å². The minimum atomic E-state index is -0.719. The fourth-order valence-corrected chi connectivity index (χ4v) is 2.29. The van der Waals surface area contributed by atoms with Gasteiger partial charge in [-0.3, -0.25) is 9.59 Å². The number of allylic oxidation sites excluding steroid dienone is 2. The molecule has 0 bridgehead atoms. The van der Waals surface area contributed by atoms with Crippen molar-refractivity contribution in [2.45, 2.75) is 19.8 Å². The van der Waals surface area contributed by atoms with Gasteiger partial charge in [-0.2, -0.15) is 0 Å². The summed E-state index contributed by atoms with van der Waals surface area (Å²) in [5.41, 5.74) is 0.355. The van der Waals surface area contributed by atoms with Crippen LogP contribution in [0.5, 0.6) is 0 Å². The van der Waals surface area contributed by atoms with Crippen LogP contribution in [0, 0.1) is 5.41 Å². The van der Waals surface area contributed by atoms with E-state index in [1.165, 1.54) is 19.3 Å². The molecule has 96 valence electrons. The summed E-state index contributed by atoms with van der Waals surface area (Å²) in [6, 6.07) is 0. The summed E-state index contributed by atoms with van der Waals surface area (Å²) in [4.78, 5) is 34.6. The Morgan fingerprint density at radius 3 is 2.83 bits per heavy atom. The Labute approximate surface area is 104 Å². The summed E-state index contributed by atoms with van der Waals surface area (Å²) in [5, 5.41) is 0. The van der Waals surface area contributed by atoms with Crippen molar-refractivity contribution in [1.82, 2.24) is 0 Å². The Morgan fingerprint density at radius 1 is 1.44 bits per heavy atom. The highest BCUT2D eigenvalue weighted by molar-refractivity contribution is 6.04. The Balaban J connectivity index is 2.41. The predicted octanol–water partition coefficient (Wildman–Crippen LogP) is 0.938. The number of ether oxygens (including phenoxy) is 2. The van der Waals surface area contributed by atoms with E-state index in [0.29, 0.717) is 17.6 Å². The third-order valence-electron chi connectivity index (χ3n) is 3.53. The molecule has 1 fully saturated rings. The molecular weight excluding hydrogens is 236 g/mol. The summed E-state index contributed by atoms with van der Waals surface area (Å²) < 4.78 is 9.49. The highest BCUT2D eigenvalue weighted by Crippen LogP contribution is 2.44. The second kappa shape index (κ2) is 4.40. The lowest BCUT2D eigenvalue weighted by molar-refractivity contribution is -0.145. The standard InChI is InChI=1S/C13H14O5/c1-13-6-5-10(14)8(3-4-11(15)17-2)9(13)7-18-12(13)16/h3-4H,5-7H2,1-2H3/b4-3-. The smallest absolute Gasteiger partial charge is 0.330 e. The van der Waals surface area contributed by atoms with Crippen molar-refractivity contribution in [2.75, 3.05) is 13.7 Å². The normalized spacial score (nSPS) is 27.4. The predicted molar refractivity (Wildman–Crippen MR) is 61.5 cm³/mol. The van der Waals surface area contributed by atoms with Crippen molar-refractivity contribution < 1.29 is 23.9 Å². The van der Waals surface area contributed by atoms with Crippen molar-refractivity contribution in [2.24, 2.45) is 5.41 Å². The zero-order valence-electron chi connectivity index (χ0n) is 10.3. The van der Waals surface area contributed by atoms with Crippen LogP contribution < -0.4 is 0 Å². The van der Waals surface area contributed by atoms with Crippen LogP contribution in [0.25, 0.3) is 0 Å². The first-order chi connectivity index (χ1) is 8.49. The van der Waals surface area contributed by atoms with Crippen molar-refractivity contribution in [3.8, 4) is 0 Å². The molecule has 0 saturated carbocycles. The van der Waals surface area contributed by atoms with Gasteiger partial charge < -0.3 is 9.47 Å². The Morgan fingerprint density at radius 2 is 2.17 bits per heavy atom. The number of carbonyl (C=O) groups is 3. The second-order valence-corrected chi connectivity index (χ2v) is 4.58. The average Bonchev–Trinajstić information content (AvgIpc) is 2.65. The molecule has 5 heteroatoms. The summed E-state index contributed by atoms with van der Waals surface area (Å²) in [7, 11) is 1.26. The number of rotatable bonds is 2. The molecule has 1 saturated heterocycles. The van der Waals surface area contributed by atoms with E-state index in [9.17, 15) is 14.4 Å². The molecule has 1 aliphatic heterocycles. The quantitative estimate of drug-likeness (QED) is 0.539. The van der Waals surface area contributed by atoms with Gasteiger partial charge in [-0.05, 0) is 25.0 Å². The van der Waals surface area contributed by atoms with Crippen LogP contribution in [0.4, 0.5) is 0 Å². The number of cyclic esters (lactones) is 1. The van der Waals surface area contributed by atoms with Crippen LogP contribution in [-0.4, -0.2) is 31.4 Å². The molecule has 2 aliphatic rings. The molecular formula is C13H14O5. The largest absolute Gasteiger partial charge is 0.466 e. The number of fused-ring (bicyclic) bond motifs is 1. The van der Waals surface area contributed by atoms with Gasteiger partial charge in [0.05, 0.1) is 12.5 Å². The van der Waals surface area contributed by atoms with Crippen LogP contribution in [0.2, 0.25) is 0 Å². The maximum absolute atomic E-state index is 11.9. The van der Waals surface area contributed by atoms with Crippen LogP contribution in [0.15, 0.2) is 23.3 Å². The van der Waals surface area contributed by atoms with Gasteiger partial charge >= 0.3 is 11.9 Å².